The molecule has 0 radical (unpaired) electrons. The van der Waals surface area contributed by atoms with E-state index in [1.807, 2.05) is 0 Å². The summed E-state index contributed by atoms with van der Waals surface area (Å²) in [7, 11) is 0. The number of nitro benzene ring substituents is 1. The molecule has 0 atom stereocenters. The van der Waals surface area contributed by atoms with Gasteiger partial charge in [0.2, 0.25) is 5.91 Å². The number of aromatic nitrogens is 1. The van der Waals surface area contributed by atoms with Crippen LogP contribution in [0.5, 0.6) is 0 Å². The third-order valence-electron chi connectivity index (χ3n) is 4.17. The summed E-state index contributed by atoms with van der Waals surface area (Å²) in [6.45, 7) is 1.70. The number of fused-ring (bicyclic) bond motifs is 1. The molecule has 148 valence electrons. The molecule has 0 saturated carbocycles. The predicted molar refractivity (Wildman–Crippen MR) is 106 cm³/mol. The lowest BCUT2D eigenvalue weighted by molar-refractivity contribution is -0.384. The molecule has 0 aliphatic heterocycles. The van der Waals surface area contributed by atoms with Crippen LogP contribution in [0, 0.1) is 10.1 Å². The Hall–Kier alpha value is -4.01. The maximum Gasteiger partial charge on any atom is 0.338 e. The van der Waals surface area contributed by atoms with E-state index in [0.717, 1.165) is 0 Å². The van der Waals surface area contributed by atoms with Gasteiger partial charge in [-0.25, -0.2) is 4.79 Å². The summed E-state index contributed by atoms with van der Waals surface area (Å²) in [4.78, 5) is 46.7. The minimum absolute atomic E-state index is 0.103. The first-order valence-corrected chi connectivity index (χ1v) is 8.74. The van der Waals surface area contributed by atoms with Gasteiger partial charge in [0.05, 0.1) is 22.6 Å². The van der Waals surface area contributed by atoms with Crippen molar-refractivity contribution in [3.05, 3.63) is 80.6 Å². The molecule has 1 heterocycles. The molecule has 9 heteroatoms. The molecule has 3 rings (SSSR count). The molecular weight excluding hydrogens is 378 g/mol. The van der Waals surface area contributed by atoms with Crippen molar-refractivity contribution in [3.63, 3.8) is 0 Å². The van der Waals surface area contributed by atoms with Crippen LogP contribution in [0.15, 0.2) is 59.4 Å². The number of nitrogens with zero attached hydrogens (tertiary/aromatic N) is 2. The molecule has 29 heavy (non-hydrogen) atoms. The predicted octanol–water partition coefficient (Wildman–Crippen LogP) is 2.73. The van der Waals surface area contributed by atoms with Crippen molar-refractivity contribution in [1.82, 2.24) is 4.57 Å². The van der Waals surface area contributed by atoms with Gasteiger partial charge in [-0.15, -0.1) is 0 Å². The lowest BCUT2D eigenvalue weighted by atomic mass is 10.2. The highest BCUT2D eigenvalue weighted by molar-refractivity contribution is 5.93. The molecule has 0 spiro atoms. The molecule has 0 saturated heterocycles. The van der Waals surface area contributed by atoms with E-state index in [9.17, 15) is 24.5 Å². The van der Waals surface area contributed by atoms with Crippen molar-refractivity contribution >= 4 is 34.2 Å². The Bertz CT molecular complexity index is 1150. The Labute approximate surface area is 164 Å². The summed E-state index contributed by atoms with van der Waals surface area (Å²) in [5, 5.41) is 14.1. The van der Waals surface area contributed by atoms with E-state index in [1.165, 1.54) is 47.0 Å². The minimum atomic E-state index is -0.526. The zero-order valence-electron chi connectivity index (χ0n) is 15.5. The van der Waals surface area contributed by atoms with Crippen LogP contribution < -0.4 is 10.9 Å². The highest BCUT2D eigenvalue weighted by Crippen LogP contribution is 2.19. The first-order chi connectivity index (χ1) is 13.9. The number of carbonyl (C=O) groups excluding carboxylic acids is 2. The first kappa shape index (κ1) is 19.7. The monoisotopic (exact) mass is 395 g/mol. The number of ether oxygens (including phenoxy) is 1. The van der Waals surface area contributed by atoms with E-state index < -0.39 is 22.4 Å². The van der Waals surface area contributed by atoms with Crippen LogP contribution in [-0.4, -0.2) is 28.0 Å². The Kier molecular flexibility index (Phi) is 5.68. The average Bonchev–Trinajstić information content (AvgIpc) is 2.70. The van der Waals surface area contributed by atoms with E-state index in [0.29, 0.717) is 22.2 Å². The number of pyridine rings is 1. The van der Waals surface area contributed by atoms with Gasteiger partial charge in [-0.05, 0) is 43.3 Å². The molecule has 0 bridgehead atoms. The van der Waals surface area contributed by atoms with E-state index >= 15 is 0 Å². The maximum absolute atomic E-state index is 12.4. The SMILES string of the molecule is CCOC(=O)c1ccc(NC(=O)Cn2c(=O)ccc3cc([N+](=O)[O-])ccc32)cc1. The van der Waals surface area contributed by atoms with Gasteiger partial charge in [-0.3, -0.25) is 24.3 Å². The number of hydrogen-bond acceptors (Lipinski definition) is 6. The number of benzene rings is 2. The van der Waals surface area contributed by atoms with Crippen LogP contribution in [0.1, 0.15) is 17.3 Å². The molecule has 0 fully saturated rings. The van der Waals surface area contributed by atoms with Crippen LogP contribution in [0.4, 0.5) is 11.4 Å². The second kappa shape index (κ2) is 8.34. The van der Waals surface area contributed by atoms with E-state index in [1.54, 1.807) is 19.1 Å². The second-order valence-corrected chi connectivity index (χ2v) is 6.10. The molecule has 0 aliphatic rings. The Morgan fingerprint density at radius 2 is 1.83 bits per heavy atom. The summed E-state index contributed by atoms with van der Waals surface area (Å²) in [5.41, 5.74) is 0.715. The van der Waals surface area contributed by atoms with E-state index in [4.69, 9.17) is 4.74 Å². The van der Waals surface area contributed by atoms with E-state index in [-0.39, 0.29) is 18.8 Å². The lowest BCUT2D eigenvalue weighted by Gasteiger charge is -2.11. The van der Waals surface area contributed by atoms with Gasteiger partial charge >= 0.3 is 5.97 Å². The van der Waals surface area contributed by atoms with E-state index in [2.05, 4.69) is 5.32 Å². The fourth-order valence-corrected chi connectivity index (χ4v) is 2.82. The number of carbonyl (C=O) groups is 2. The smallest absolute Gasteiger partial charge is 0.338 e. The van der Waals surface area contributed by atoms with Crippen molar-refractivity contribution in [1.29, 1.82) is 0 Å². The van der Waals surface area contributed by atoms with Crippen molar-refractivity contribution in [2.75, 3.05) is 11.9 Å². The fraction of sp³-hybridized carbons (Fsp3) is 0.150. The molecule has 9 nitrogen and oxygen atoms in total. The number of esters is 1. The van der Waals surface area contributed by atoms with Gasteiger partial charge in [0.1, 0.15) is 6.54 Å². The van der Waals surface area contributed by atoms with Gasteiger partial charge in [0.15, 0.2) is 0 Å². The Morgan fingerprint density at radius 1 is 1.10 bits per heavy atom. The second-order valence-electron chi connectivity index (χ2n) is 6.10. The number of non-ortho nitro benzene ring substituents is 1. The zero-order chi connectivity index (χ0) is 21.0. The minimum Gasteiger partial charge on any atom is -0.462 e. The molecule has 1 aromatic heterocycles. The normalized spacial score (nSPS) is 10.5. The highest BCUT2D eigenvalue weighted by atomic mass is 16.6. The summed E-state index contributed by atoms with van der Waals surface area (Å²) in [6.07, 6.45) is 0. The van der Waals surface area contributed by atoms with Crippen molar-refractivity contribution in [3.8, 4) is 0 Å². The largest absolute Gasteiger partial charge is 0.462 e. The van der Waals surface area contributed by atoms with Crippen LogP contribution in [0.2, 0.25) is 0 Å². The highest BCUT2D eigenvalue weighted by Gasteiger charge is 2.12. The van der Waals surface area contributed by atoms with Crippen LogP contribution >= 0.6 is 0 Å². The number of anilines is 1. The topological polar surface area (TPSA) is 121 Å². The number of nitro groups is 1. The van der Waals surface area contributed by atoms with Crippen LogP contribution in [0.3, 0.4) is 0 Å². The molecule has 3 aromatic rings. The molecule has 1 N–H and O–H groups in total. The summed E-state index contributed by atoms with van der Waals surface area (Å²) in [6, 6.07) is 13.0. The summed E-state index contributed by atoms with van der Waals surface area (Å²) in [5.74, 6) is -0.913. The average molecular weight is 395 g/mol. The number of nitrogens with one attached hydrogen (secondary N) is 1. The number of hydrogen-bond donors (Lipinski definition) is 1. The third-order valence-corrected chi connectivity index (χ3v) is 4.17. The number of rotatable bonds is 6. The van der Waals surface area contributed by atoms with Crippen molar-refractivity contribution in [2.45, 2.75) is 13.5 Å². The van der Waals surface area contributed by atoms with Crippen molar-refractivity contribution in [2.24, 2.45) is 0 Å². The summed E-state index contributed by atoms with van der Waals surface area (Å²) >= 11 is 0. The van der Waals surface area contributed by atoms with Gasteiger partial charge in [-0.1, -0.05) is 0 Å². The fourth-order valence-electron chi connectivity index (χ4n) is 2.82. The third kappa shape index (κ3) is 4.46. The van der Waals surface area contributed by atoms with Crippen LogP contribution in [-0.2, 0) is 16.1 Å². The van der Waals surface area contributed by atoms with Crippen molar-refractivity contribution < 1.29 is 19.2 Å². The Balaban J connectivity index is 1.79. The quantitative estimate of drug-likeness (QED) is 0.389. The molecule has 0 aliphatic carbocycles. The van der Waals surface area contributed by atoms with Gasteiger partial charge in [0, 0.05) is 29.3 Å². The molecule has 0 unspecified atom stereocenters. The first-order valence-electron chi connectivity index (χ1n) is 8.74. The summed E-state index contributed by atoms with van der Waals surface area (Å²) < 4.78 is 6.14. The van der Waals surface area contributed by atoms with Gasteiger partial charge in [0.25, 0.3) is 11.2 Å². The lowest BCUT2D eigenvalue weighted by Crippen LogP contribution is -2.27. The Morgan fingerprint density at radius 3 is 2.48 bits per heavy atom. The van der Waals surface area contributed by atoms with Gasteiger partial charge < -0.3 is 10.1 Å². The van der Waals surface area contributed by atoms with Gasteiger partial charge in [-0.2, -0.15) is 0 Å². The zero-order valence-corrected chi connectivity index (χ0v) is 15.5. The standard InChI is InChI=1S/C20H17N3O6/c1-2-29-20(26)13-3-6-15(7-4-13)21-18(24)12-22-17-9-8-16(23(27)28)11-14(17)5-10-19(22)25/h3-11H,2,12H2,1H3,(H,21,24). The molecule has 2 aromatic carbocycles. The maximum atomic E-state index is 12.4. The number of amides is 1. The molecule has 1 amide bonds. The van der Waals surface area contributed by atoms with Crippen LogP contribution in [0.25, 0.3) is 10.9 Å². The molecular formula is C20H17N3O6.